The van der Waals surface area contributed by atoms with E-state index in [4.69, 9.17) is 57.6 Å². The maximum absolute atomic E-state index is 11.5. The average molecular weight is 757 g/mol. The van der Waals surface area contributed by atoms with Crippen LogP contribution < -0.4 is 0 Å². The van der Waals surface area contributed by atoms with Gasteiger partial charge in [0.1, 0.15) is 64.1 Å². The van der Waals surface area contributed by atoms with Crippen LogP contribution in [0.1, 0.15) is 41.5 Å². The van der Waals surface area contributed by atoms with Gasteiger partial charge in [0.25, 0.3) is 0 Å². The SMILES string of the molecule is C=C(C)C(=O)OCCOC(=O)OC(C)COCC(C)OC(=O)OCCOC(=O)C(=C)C.CC(COCC(C)OC(=O)OCCO)OC(=O)OCCO. The first-order chi connectivity index (χ1) is 24.5. The van der Waals surface area contributed by atoms with Crippen molar-refractivity contribution >= 4 is 36.6 Å². The molecule has 0 heterocycles. The highest BCUT2D eigenvalue weighted by molar-refractivity contribution is 5.87. The molecule has 0 fully saturated rings. The fourth-order valence-electron chi connectivity index (χ4n) is 2.75. The van der Waals surface area contributed by atoms with E-state index in [0.29, 0.717) is 0 Å². The zero-order chi connectivity index (χ0) is 39.9. The maximum atomic E-state index is 11.5. The minimum atomic E-state index is -0.942. The van der Waals surface area contributed by atoms with Crippen LogP contribution in [0.15, 0.2) is 24.3 Å². The maximum Gasteiger partial charge on any atom is 0.508 e. The van der Waals surface area contributed by atoms with Crippen LogP contribution in [0.2, 0.25) is 0 Å². The van der Waals surface area contributed by atoms with Crippen molar-refractivity contribution in [3.05, 3.63) is 24.3 Å². The first-order valence-corrected chi connectivity index (χ1v) is 15.9. The summed E-state index contributed by atoms with van der Waals surface area (Å²) in [5.74, 6) is -1.16. The second-order valence-electron chi connectivity index (χ2n) is 10.5. The van der Waals surface area contributed by atoms with Gasteiger partial charge in [0.2, 0.25) is 0 Å². The molecule has 0 rings (SSSR count). The van der Waals surface area contributed by atoms with Crippen LogP contribution in [0.4, 0.5) is 19.2 Å². The third kappa shape index (κ3) is 31.3. The van der Waals surface area contributed by atoms with Gasteiger partial charge in [0.05, 0.1) is 39.6 Å². The molecule has 0 spiro atoms. The normalized spacial score (nSPS) is 12.5. The standard InChI is InChI=1S/C20H30O11.C12H22O9/c1-13(2)17(21)26-7-9-28-19(23)30-15(5)11-25-12-16(6)31-20(24)29-10-8-27-18(22)14(3)4;1-9(20-11(15)18-5-3-13)7-17-8-10(2)21-12(16)19-6-4-14/h15-16H,1,3,7-12H2,2,4-6H3;9-10,13-14H,3-8H2,1-2H3. The molecule has 0 aliphatic heterocycles. The Labute approximate surface area is 302 Å². The largest absolute Gasteiger partial charge is 0.508 e. The van der Waals surface area contributed by atoms with Crippen LogP contribution >= 0.6 is 0 Å². The molecule has 0 aliphatic rings. The van der Waals surface area contributed by atoms with Crippen LogP contribution in [0.3, 0.4) is 0 Å². The second-order valence-corrected chi connectivity index (χ2v) is 10.5. The molecule has 20 nitrogen and oxygen atoms in total. The first-order valence-electron chi connectivity index (χ1n) is 15.9. The van der Waals surface area contributed by atoms with Gasteiger partial charge in [-0.1, -0.05) is 13.2 Å². The van der Waals surface area contributed by atoms with E-state index in [0.717, 1.165) is 0 Å². The highest BCUT2D eigenvalue weighted by atomic mass is 16.8. The molecular formula is C32H52O20. The molecule has 300 valence electrons. The number of aliphatic hydroxyl groups is 2. The van der Waals surface area contributed by atoms with Gasteiger partial charge >= 0.3 is 36.6 Å². The number of hydrogen-bond acceptors (Lipinski definition) is 20. The molecule has 0 amide bonds. The van der Waals surface area contributed by atoms with Gasteiger partial charge in [-0.2, -0.15) is 0 Å². The number of ether oxygens (including phenoxy) is 12. The monoisotopic (exact) mass is 756 g/mol. The molecule has 2 N–H and O–H groups in total. The fourth-order valence-corrected chi connectivity index (χ4v) is 2.75. The number of carbonyl (C=O) groups is 6. The predicted octanol–water partition coefficient (Wildman–Crippen LogP) is 2.40. The summed E-state index contributed by atoms with van der Waals surface area (Å²) in [6.45, 7) is 15.0. The number of esters is 2. The average Bonchev–Trinajstić information content (AvgIpc) is 3.06. The molecule has 0 aromatic rings. The van der Waals surface area contributed by atoms with Crippen molar-refractivity contribution in [3.63, 3.8) is 0 Å². The van der Waals surface area contributed by atoms with E-state index in [-0.39, 0.29) is 90.4 Å². The fraction of sp³-hybridized carbons (Fsp3) is 0.688. The number of aliphatic hydroxyl groups excluding tert-OH is 2. The molecular weight excluding hydrogens is 704 g/mol. The predicted molar refractivity (Wildman–Crippen MR) is 175 cm³/mol. The zero-order valence-corrected chi connectivity index (χ0v) is 30.5. The molecule has 0 saturated heterocycles. The zero-order valence-electron chi connectivity index (χ0n) is 30.5. The Morgan fingerprint density at radius 3 is 0.904 bits per heavy atom. The summed E-state index contributed by atoms with van der Waals surface area (Å²) in [7, 11) is 0. The Balaban J connectivity index is 0. The van der Waals surface area contributed by atoms with Gasteiger partial charge in [0, 0.05) is 11.1 Å². The summed E-state index contributed by atoms with van der Waals surface area (Å²) in [6, 6.07) is 0. The van der Waals surface area contributed by atoms with Crippen molar-refractivity contribution in [1.82, 2.24) is 0 Å². The van der Waals surface area contributed by atoms with Gasteiger partial charge in [-0.3, -0.25) is 0 Å². The van der Waals surface area contributed by atoms with E-state index in [1.165, 1.54) is 13.8 Å². The summed E-state index contributed by atoms with van der Waals surface area (Å²) in [6.07, 6.45) is -6.03. The summed E-state index contributed by atoms with van der Waals surface area (Å²) < 4.78 is 58.1. The smallest absolute Gasteiger partial charge is 0.459 e. The third-order valence-electron chi connectivity index (χ3n) is 4.99. The molecule has 20 heteroatoms. The minimum absolute atomic E-state index is 0.0271. The van der Waals surface area contributed by atoms with Gasteiger partial charge in [-0.15, -0.1) is 0 Å². The summed E-state index contributed by atoms with van der Waals surface area (Å²) in [4.78, 5) is 67.4. The van der Waals surface area contributed by atoms with Gasteiger partial charge < -0.3 is 67.1 Å². The van der Waals surface area contributed by atoms with E-state index in [1.807, 2.05) is 0 Å². The van der Waals surface area contributed by atoms with E-state index >= 15 is 0 Å². The van der Waals surface area contributed by atoms with E-state index in [9.17, 15) is 28.8 Å². The number of rotatable bonds is 24. The molecule has 4 atom stereocenters. The lowest BCUT2D eigenvalue weighted by atomic mass is 10.4. The lowest BCUT2D eigenvalue weighted by molar-refractivity contribution is -0.141. The third-order valence-corrected chi connectivity index (χ3v) is 4.99. The van der Waals surface area contributed by atoms with Crippen molar-refractivity contribution in [2.24, 2.45) is 0 Å². The topological polar surface area (TPSA) is 254 Å². The second kappa shape index (κ2) is 31.1. The lowest BCUT2D eigenvalue weighted by Gasteiger charge is -2.16. The number of carbonyl (C=O) groups excluding carboxylic acids is 6. The van der Waals surface area contributed by atoms with Gasteiger partial charge in [0.15, 0.2) is 0 Å². The van der Waals surface area contributed by atoms with E-state index in [1.54, 1.807) is 27.7 Å². The van der Waals surface area contributed by atoms with E-state index < -0.39 is 61.0 Å². The molecule has 0 bridgehead atoms. The van der Waals surface area contributed by atoms with Crippen LogP contribution in [0.25, 0.3) is 0 Å². The summed E-state index contributed by atoms with van der Waals surface area (Å²) in [5, 5.41) is 16.9. The van der Waals surface area contributed by atoms with Crippen LogP contribution in [-0.4, -0.2) is 150 Å². The van der Waals surface area contributed by atoms with Gasteiger partial charge in [-0.25, -0.2) is 28.8 Å². The highest BCUT2D eigenvalue weighted by Gasteiger charge is 2.16. The minimum Gasteiger partial charge on any atom is -0.459 e. The Kier molecular flexibility index (Phi) is 29.6. The lowest BCUT2D eigenvalue weighted by Crippen LogP contribution is -2.26. The molecule has 0 aromatic heterocycles. The Morgan fingerprint density at radius 1 is 0.442 bits per heavy atom. The Bertz CT molecular complexity index is 1010. The van der Waals surface area contributed by atoms with Gasteiger partial charge in [-0.05, 0) is 41.5 Å². The van der Waals surface area contributed by atoms with Crippen molar-refractivity contribution in [1.29, 1.82) is 0 Å². The van der Waals surface area contributed by atoms with Crippen LogP contribution in [-0.2, 0) is 66.4 Å². The molecule has 4 unspecified atom stereocenters. The molecule has 0 saturated carbocycles. The van der Waals surface area contributed by atoms with Crippen LogP contribution in [0.5, 0.6) is 0 Å². The van der Waals surface area contributed by atoms with E-state index in [2.05, 4.69) is 22.6 Å². The van der Waals surface area contributed by atoms with Crippen LogP contribution in [0, 0.1) is 0 Å². The summed E-state index contributed by atoms with van der Waals surface area (Å²) in [5.41, 5.74) is 0.479. The van der Waals surface area contributed by atoms with Crippen molar-refractivity contribution in [2.45, 2.75) is 66.0 Å². The molecule has 0 radical (unpaired) electrons. The van der Waals surface area contributed by atoms with Crippen molar-refractivity contribution < 1.29 is 95.8 Å². The van der Waals surface area contributed by atoms with Crippen molar-refractivity contribution in [2.75, 3.05) is 79.3 Å². The molecule has 0 aromatic carbocycles. The number of hydrogen-bond donors (Lipinski definition) is 2. The Morgan fingerprint density at radius 2 is 0.673 bits per heavy atom. The molecule has 52 heavy (non-hydrogen) atoms. The highest BCUT2D eigenvalue weighted by Crippen LogP contribution is 2.02. The molecule has 0 aliphatic carbocycles. The Hall–Kier alpha value is -4.66. The van der Waals surface area contributed by atoms with Crippen molar-refractivity contribution in [3.8, 4) is 0 Å². The summed E-state index contributed by atoms with van der Waals surface area (Å²) >= 11 is 0. The quantitative estimate of drug-likeness (QED) is 0.0620. The first kappa shape index (κ1) is 49.5.